The van der Waals surface area contributed by atoms with E-state index in [-0.39, 0.29) is 16.5 Å². The van der Waals surface area contributed by atoms with Crippen molar-refractivity contribution in [1.82, 2.24) is 4.31 Å². The number of hydrogen-bond acceptors (Lipinski definition) is 3. The van der Waals surface area contributed by atoms with E-state index in [1.54, 1.807) is 18.2 Å². The Bertz CT molecular complexity index is 575. The Hall–Kier alpha value is -1.38. The number of rotatable bonds is 2. The second-order valence-corrected chi connectivity index (χ2v) is 6.43. The summed E-state index contributed by atoms with van der Waals surface area (Å²) in [6, 6.07) is 8.34. The van der Waals surface area contributed by atoms with Crippen LogP contribution in [0.25, 0.3) is 0 Å². The van der Waals surface area contributed by atoms with Crippen molar-refractivity contribution < 1.29 is 8.42 Å². The highest BCUT2D eigenvalue weighted by Gasteiger charge is 2.32. The monoisotopic (exact) mass is 264 g/mol. The summed E-state index contributed by atoms with van der Waals surface area (Å²) in [7, 11) is -3.54. The summed E-state index contributed by atoms with van der Waals surface area (Å²) in [4.78, 5) is 0.126. The quantitative estimate of drug-likeness (QED) is 0.822. The van der Waals surface area contributed by atoms with E-state index in [0.29, 0.717) is 6.54 Å². The molecule has 0 unspecified atom stereocenters. The molecule has 5 heteroatoms. The molecule has 1 atom stereocenters. The van der Waals surface area contributed by atoms with Gasteiger partial charge in [0.25, 0.3) is 0 Å². The molecule has 1 saturated heterocycles. The molecule has 0 radical (unpaired) electrons. The fraction of sp³-hybridized carbons (Fsp3) is 0.462. The van der Waals surface area contributed by atoms with Gasteiger partial charge >= 0.3 is 0 Å². The molecule has 1 aliphatic heterocycles. The lowest BCUT2D eigenvalue weighted by Gasteiger charge is -2.32. The first-order valence-corrected chi connectivity index (χ1v) is 7.52. The topological polar surface area (TPSA) is 61.2 Å². The van der Waals surface area contributed by atoms with E-state index in [4.69, 9.17) is 5.26 Å². The fourth-order valence-corrected chi connectivity index (χ4v) is 4.18. The largest absolute Gasteiger partial charge is 0.244 e. The lowest BCUT2D eigenvalue weighted by Crippen LogP contribution is -2.42. The SMILES string of the molecule is C[C@@H]1CCCCN1S(=O)(=O)c1ccccc1C#N. The Morgan fingerprint density at radius 3 is 2.72 bits per heavy atom. The third-order valence-electron chi connectivity index (χ3n) is 3.34. The van der Waals surface area contributed by atoms with Crippen molar-refractivity contribution in [3.8, 4) is 6.07 Å². The summed E-state index contributed by atoms with van der Waals surface area (Å²) in [5.41, 5.74) is 0.218. The van der Waals surface area contributed by atoms with Crippen LogP contribution in [0, 0.1) is 11.3 Å². The molecule has 0 bridgehead atoms. The Labute approximate surface area is 108 Å². The summed E-state index contributed by atoms with van der Waals surface area (Å²) >= 11 is 0. The number of nitriles is 1. The zero-order valence-electron chi connectivity index (χ0n) is 10.3. The first kappa shape index (κ1) is 13.1. The Morgan fingerprint density at radius 2 is 2.06 bits per heavy atom. The van der Waals surface area contributed by atoms with E-state index in [0.717, 1.165) is 19.3 Å². The lowest BCUT2D eigenvalue weighted by atomic mass is 10.1. The molecule has 4 nitrogen and oxygen atoms in total. The van der Waals surface area contributed by atoms with Crippen LogP contribution in [-0.2, 0) is 10.0 Å². The molecule has 0 N–H and O–H groups in total. The van der Waals surface area contributed by atoms with Gasteiger partial charge in [0, 0.05) is 12.6 Å². The van der Waals surface area contributed by atoms with Crippen LogP contribution in [-0.4, -0.2) is 25.3 Å². The summed E-state index contributed by atoms with van der Waals surface area (Å²) in [6.07, 6.45) is 2.83. The maximum atomic E-state index is 12.6. The molecule has 0 spiro atoms. The minimum Gasteiger partial charge on any atom is -0.207 e. The second kappa shape index (κ2) is 5.09. The molecule has 1 aromatic carbocycles. The van der Waals surface area contributed by atoms with E-state index < -0.39 is 10.0 Å². The van der Waals surface area contributed by atoms with Crippen LogP contribution in [0.3, 0.4) is 0 Å². The highest BCUT2D eigenvalue weighted by molar-refractivity contribution is 7.89. The summed E-state index contributed by atoms with van der Waals surface area (Å²) in [5.74, 6) is 0. The summed E-state index contributed by atoms with van der Waals surface area (Å²) in [5, 5.41) is 9.01. The molecule has 1 aromatic rings. The molecule has 1 heterocycles. The molecular formula is C13H16N2O2S. The number of piperidine rings is 1. The van der Waals surface area contributed by atoms with Crippen molar-refractivity contribution in [3.05, 3.63) is 29.8 Å². The van der Waals surface area contributed by atoms with Gasteiger partial charge in [-0.05, 0) is 31.9 Å². The smallest absolute Gasteiger partial charge is 0.207 e. The molecular weight excluding hydrogens is 248 g/mol. The molecule has 0 aliphatic carbocycles. The van der Waals surface area contributed by atoms with Gasteiger partial charge in [0.05, 0.1) is 10.5 Å². The van der Waals surface area contributed by atoms with Crippen LogP contribution >= 0.6 is 0 Å². The van der Waals surface area contributed by atoms with Crippen molar-refractivity contribution in [2.24, 2.45) is 0 Å². The number of sulfonamides is 1. The Morgan fingerprint density at radius 1 is 1.33 bits per heavy atom. The van der Waals surface area contributed by atoms with Crippen LogP contribution in [0.15, 0.2) is 29.2 Å². The van der Waals surface area contributed by atoms with Crippen LogP contribution < -0.4 is 0 Å². The Kier molecular flexibility index (Phi) is 3.69. The maximum absolute atomic E-state index is 12.6. The third-order valence-corrected chi connectivity index (χ3v) is 5.41. The summed E-state index contributed by atoms with van der Waals surface area (Å²) in [6.45, 7) is 2.47. The van der Waals surface area contributed by atoms with Crippen LogP contribution in [0.2, 0.25) is 0 Å². The number of nitrogens with zero attached hydrogens (tertiary/aromatic N) is 2. The van der Waals surface area contributed by atoms with Gasteiger partial charge in [-0.3, -0.25) is 0 Å². The molecule has 0 amide bonds. The van der Waals surface area contributed by atoms with Crippen molar-refractivity contribution >= 4 is 10.0 Å². The maximum Gasteiger partial charge on any atom is 0.244 e. The van der Waals surface area contributed by atoms with Crippen LogP contribution in [0.4, 0.5) is 0 Å². The van der Waals surface area contributed by atoms with E-state index in [1.807, 2.05) is 13.0 Å². The van der Waals surface area contributed by atoms with E-state index in [9.17, 15) is 8.42 Å². The highest BCUT2D eigenvalue weighted by Crippen LogP contribution is 2.26. The average molecular weight is 264 g/mol. The average Bonchev–Trinajstić information content (AvgIpc) is 2.39. The van der Waals surface area contributed by atoms with Gasteiger partial charge in [-0.2, -0.15) is 9.57 Å². The van der Waals surface area contributed by atoms with Crippen LogP contribution in [0.1, 0.15) is 31.7 Å². The number of benzene rings is 1. The zero-order chi connectivity index (χ0) is 13.2. The van der Waals surface area contributed by atoms with Crippen LogP contribution in [0.5, 0.6) is 0 Å². The lowest BCUT2D eigenvalue weighted by molar-refractivity contribution is 0.268. The first-order valence-electron chi connectivity index (χ1n) is 6.08. The van der Waals surface area contributed by atoms with Gasteiger partial charge in [-0.1, -0.05) is 18.6 Å². The predicted octanol–water partition coefficient (Wildman–Crippen LogP) is 2.12. The standard InChI is InChI=1S/C13H16N2O2S/c1-11-6-4-5-9-15(11)18(16,17)13-8-3-2-7-12(13)10-14/h2-3,7-8,11H,4-6,9H2,1H3/t11-/m1/s1. The third kappa shape index (κ3) is 2.26. The van der Waals surface area contributed by atoms with Gasteiger partial charge in [-0.25, -0.2) is 8.42 Å². The van der Waals surface area contributed by atoms with E-state index in [1.165, 1.54) is 10.4 Å². The normalized spacial score (nSPS) is 21.4. The van der Waals surface area contributed by atoms with E-state index in [2.05, 4.69) is 0 Å². The Balaban J connectivity index is 2.45. The number of hydrogen-bond donors (Lipinski definition) is 0. The van der Waals surface area contributed by atoms with Crippen molar-refractivity contribution in [2.75, 3.05) is 6.54 Å². The predicted molar refractivity (Wildman–Crippen MR) is 68.4 cm³/mol. The van der Waals surface area contributed by atoms with Crippen molar-refractivity contribution in [1.29, 1.82) is 5.26 Å². The zero-order valence-corrected chi connectivity index (χ0v) is 11.2. The molecule has 2 rings (SSSR count). The van der Waals surface area contributed by atoms with Gasteiger partial charge < -0.3 is 0 Å². The highest BCUT2D eigenvalue weighted by atomic mass is 32.2. The second-order valence-electron chi connectivity index (χ2n) is 4.57. The molecule has 96 valence electrons. The van der Waals surface area contributed by atoms with Gasteiger partial charge in [0.2, 0.25) is 10.0 Å². The van der Waals surface area contributed by atoms with Gasteiger partial charge in [-0.15, -0.1) is 0 Å². The minimum absolute atomic E-state index is 0.00972. The molecule has 0 aromatic heterocycles. The van der Waals surface area contributed by atoms with Crippen molar-refractivity contribution in [2.45, 2.75) is 37.1 Å². The van der Waals surface area contributed by atoms with Crippen molar-refractivity contribution in [3.63, 3.8) is 0 Å². The molecule has 1 fully saturated rings. The fourth-order valence-electron chi connectivity index (χ4n) is 2.34. The minimum atomic E-state index is -3.54. The molecule has 18 heavy (non-hydrogen) atoms. The molecule has 1 aliphatic rings. The molecule has 0 saturated carbocycles. The summed E-state index contributed by atoms with van der Waals surface area (Å²) < 4.78 is 26.6. The van der Waals surface area contributed by atoms with Gasteiger partial charge in [0.15, 0.2) is 0 Å². The van der Waals surface area contributed by atoms with E-state index >= 15 is 0 Å². The van der Waals surface area contributed by atoms with Gasteiger partial charge in [0.1, 0.15) is 6.07 Å². The first-order chi connectivity index (χ1) is 8.57.